The summed E-state index contributed by atoms with van der Waals surface area (Å²) in [5.41, 5.74) is 2.55. The first-order valence-corrected chi connectivity index (χ1v) is 9.87. The molecule has 0 spiro atoms. The monoisotopic (exact) mass is 394 g/mol. The predicted octanol–water partition coefficient (Wildman–Crippen LogP) is 4.54. The molecule has 0 radical (unpaired) electrons. The van der Waals surface area contributed by atoms with Gasteiger partial charge < -0.3 is 10.1 Å². The average molecular weight is 394 g/mol. The molecule has 5 heteroatoms. The summed E-state index contributed by atoms with van der Waals surface area (Å²) in [5, 5.41) is 3.32. The van der Waals surface area contributed by atoms with Crippen molar-refractivity contribution in [2.45, 2.75) is 12.6 Å². The Balaban J connectivity index is 1.57. The molecule has 1 heterocycles. The lowest BCUT2D eigenvalue weighted by Crippen LogP contribution is -2.45. The largest absolute Gasteiger partial charge is 0.489 e. The van der Waals surface area contributed by atoms with E-state index in [1.54, 1.807) is 6.07 Å². The first-order chi connectivity index (χ1) is 14.2. The summed E-state index contributed by atoms with van der Waals surface area (Å²) >= 11 is 0. The van der Waals surface area contributed by atoms with Crippen molar-refractivity contribution in [3.63, 3.8) is 0 Å². The van der Waals surface area contributed by atoms with Crippen LogP contribution in [0, 0.1) is 11.6 Å². The van der Waals surface area contributed by atoms with Crippen LogP contribution in [0.2, 0.25) is 0 Å². The highest BCUT2D eigenvalue weighted by Gasteiger charge is 2.26. The molecule has 3 aromatic rings. The number of halogens is 2. The number of ether oxygens (including phenoxy) is 1. The van der Waals surface area contributed by atoms with Gasteiger partial charge in [-0.1, -0.05) is 48.5 Å². The molecule has 1 N–H and O–H groups in total. The van der Waals surface area contributed by atoms with Gasteiger partial charge in [-0.25, -0.2) is 8.78 Å². The molecule has 3 aromatic carbocycles. The number of rotatable bonds is 6. The Morgan fingerprint density at radius 2 is 1.62 bits per heavy atom. The van der Waals surface area contributed by atoms with Crippen molar-refractivity contribution in [2.24, 2.45) is 0 Å². The number of nitrogens with one attached hydrogen (secondary N) is 1. The number of hydrogen-bond donors (Lipinski definition) is 1. The Morgan fingerprint density at radius 1 is 0.897 bits per heavy atom. The Labute approximate surface area is 169 Å². The summed E-state index contributed by atoms with van der Waals surface area (Å²) in [4.78, 5) is 2.23. The van der Waals surface area contributed by atoms with Crippen molar-refractivity contribution >= 4 is 0 Å². The van der Waals surface area contributed by atoms with Crippen LogP contribution in [0.25, 0.3) is 0 Å². The van der Waals surface area contributed by atoms with Crippen LogP contribution in [-0.4, -0.2) is 31.1 Å². The minimum absolute atomic E-state index is 0.263. The minimum atomic E-state index is -0.560. The molecule has 4 rings (SSSR count). The third kappa shape index (κ3) is 4.81. The van der Waals surface area contributed by atoms with Crippen molar-refractivity contribution in [1.29, 1.82) is 0 Å². The molecule has 0 aliphatic carbocycles. The number of nitrogens with zero attached hydrogens (tertiary/aromatic N) is 1. The van der Waals surface area contributed by atoms with E-state index in [4.69, 9.17) is 4.74 Å². The number of benzene rings is 3. The van der Waals surface area contributed by atoms with Gasteiger partial charge in [0.25, 0.3) is 0 Å². The molecule has 29 heavy (non-hydrogen) atoms. The topological polar surface area (TPSA) is 24.5 Å². The molecule has 0 bridgehead atoms. The Hall–Kier alpha value is -2.76. The minimum Gasteiger partial charge on any atom is -0.489 e. The Morgan fingerprint density at radius 3 is 2.31 bits per heavy atom. The summed E-state index contributed by atoms with van der Waals surface area (Å²) in [6.07, 6.45) is 0. The van der Waals surface area contributed by atoms with Gasteiger partial charge in [-0.15, -0.1) is 0 Å². The van der Waals surface area contributed by atoms with E-state index in [9.17, 15) is 8.78 Å². The molecule has 3 nitrogen and oxygen atoms in total. The quantitative estimate of drug-likeness (QED) is 0.664. The van der Waals surface area contributed by atoms with Gasteiger partial charge in [-0.2, -0.15) is 0 Å². The zero-order chi connectivity index (χ0) is 20.1. The molecule has 0 aromatic heterocycles. The van der Waals surface area contributed by atoms with E-state index < -0.39 is 11.6 Å². The van der Waals surface area contributed by atoms with Gasteiger partial charge in [0.15, 0.2) is 0 Å². The summed E-state index contributed by atoms with van der Waals surface area (Å²) in [5.74, 6) is -0.316. The fraction of sp³-hybridized carbons (Fsp3) is 0.250. The molecule has 1 fully saturated rings. The summed E-state index contributed by atoms with van der Waals surface area (Å²) in [7, 11) is 0. The first-order valence-electron chi connectivity index (χ1n) is 9.87. The predicted molar refractivity (Wildman–Crippen MR) is 110 cm³/mol. The maximum atomic E-state index is 14.6. The maximum absolute atomic E-state index is 14.6. The van der Waals surface area contributed by atoms with Crippen molar-refractivity contribution in [3.05, 3.63) is 101 Å². The van der Waals surface area contributed by atoms with Crippen LogP contribution in [0.1, 0.15) is 22.7 Å². The fourth-order valence-corrected chi connectivity index (χ4v) is 3.74. The van der Waals surface area contributed by atoms with E-state index in [2.05, 4.69) is 10.2 Å². The van der Waals surface area contributed by atoms with Crippen LogP contribution < -0.4 is 10.1 Å². The van der Waals surface area contributed by atoms with E-state index in [1.807, 2.05) is 54.6 Å². The normalized spacial score (nSPS) is 15.8. The van der Waals surface area contributed by atoms with Gasteiger partial charge in [0.2, 0.25) is 0 Å². The number of hydrogen-bond acceptors (Lipinski definition) is 3. The molecular formula is C24H24F2N2O. The lowest BCUT2D eigenvalue weighted by atomic mass is 9.95. The molecule has 0 amide bonds. The summed E-state index contributed by atoms with van der Waals surface area (Å²) < 4.78 is 33.9. The van der Waals surface area contributed by atoms with Gasteiger partial charge in [0.05, 0.1) is 6.04 Å². The zero-order valence-electron chi connectivity index (χ0n) is 16.2. The van der Waals surface area contributed by atoms with Gasteiger partial charge >= 0.3 is 0 Å². The van der Waals surface area contributed by atoms with Crippen LogP contribution in [0.5, 0.6) is 5.75 Å². The van der Waals surface area contributed by atoms with Crippen LogP contribution in [0.3, 0.4) is 0 Å². The second kappa shape index (κ2) is 9.16. The highest BCUT2D eigenvalue weighted by molar-refractivity contribution is 5.37. The molecule has 150 valence electrons. The lowest BCUT2D eigenvalue weighted by molar-refractivity contribution is 0.195. The maximum Gasteiger partial charge on any atom is 0.131 e. The van der Waals surface area contributed by atoms with Crippen LogP contribution in [0.4, 0.5) is 8.78 Å². The van der Waals surface area contributed by atoms with E-state index in [0.29, 0.717) is 12.2 Å². The standard InChI is InChI=1S/C24H24F2N2O/c25-20-8-11-22(23(26)16-20)24(28-14-12-27-13-15-28)19-6-9-21(10-7-19)29-17-18-4-2-1-3-5-18/h1-11,16,24,27H,12-15,17H2. The van der Waals surface area contributed by atoms with Crippen LogP contribution >= 0.6 is 0 Å². The SMILES string of the molecule is Fc1ccc(C(c2ccc(OCc3ccccc3)cc2)N2CCNCC2)c(F)c1. The third-order valence-electron chi connectivity index (χ3n) is 5.22. The number of piperazine rings is 1. The van der Waals surface area contributed by atoms with E-state index in [-0.39, 0.29) is 6.04 Å². The molecule has 1 aliphatic rings. The zero-order valence-corrected chi connectivity index (χ0v) is 16.2. The van der Waals surface area contributed by atoms with E-state index in [1.165, 1.54) is 6.07 Å². The van der Waals surface area contributed by atoms with Crippen molar-refractivity contribution in [1.82, 2.24) is 10.2 Å². The van der Waals surface area contributed by atoms with E-state index >= 15 is 0 Å². The van der Waals surface area contributed by atoms with Crippen LogP contribution in [-0.2, 0) is 6.61 Å². The molecule has 1 unspecified atom stereocenters. The van der Waals surface area contributed by atoms with Gasteiger partial charge in [-0.05, 0) is 29.3 Å². The average Bonchev–Trinajstić information content (AvgIpc) is 2.76. The summed E-state index contributed by atoms with van der Waals surface area (Å²) in [6, 6.07) is 21.3. The van der Waals surface area contributed by atoms with Gasteiger partial charge in [-0.3, -0.25) is 4.90 Å². The van der Waals surface area contributed by atoms with Crippen LogP contribution in [0.15, 0.2) is 72.8 Å². The lowest BCUT2D eigenvalue weighted by Gasteiger charge is -2.35. The van der Waals surface area contributed by atoms with Gasteiger partial charge in [0, 0.05) is 37.8 Å². The van der Waals surface area contributed by atoms with Gasteiger partial charge in [0.1, 0.15) is 24.0 Å². The highest BCUT2D eigenvalue weighted by atomic mass is 19.1. The summed E-state index contributed by atoms with van der Waals surface area (Å²) in [6.45, 7) is 3.78. The Kier molecular flexibility index (Phi) is 6.17. The molecule has 1 aliphatic heterocycles. The molecule has 0 saturated carbocycles. The highest BCUT2D eigenvalue weighted by Crippen LogP contribution is 2.32. The molecular weight excluding hydrogens is 370 g/mol. The second-order valence-corrected chi connectivity index (χ2v) is 7.20. The second-order valence-electron chi connectivity index (χ2n) is 7.20. The Bertz CT molecular complexity index is 925. The van der Waals surface area contributed by atoms with Crippen molar-refractivity contribution in [3.8, 4) is 5.75 Å². The molecule has 1 atom stereocenters. The third-order valence-corrected chi connectivity index (χ3v) is 5.22. The van der Waals surface area contributed by atoms with Crippen molar-refractivity contribution in [2.75, 3.05) is 26.2 Å². The van der Waals surface area contributed by atoms with E-state index in [0.717, 1.165) is 49.1 Å². The smallest absolute Gasteiger partial charge is 0.131 e. The molecule has 1 saturated heterocycles. The first kappa shape index (κ1) is 19.6. The van der Waals surface area contributed by atoms with Crippen molar-refractivity contribution < 1.29 is 13.5 Å². The fourth-order valence-electron chi connectivity index (χ4n) is 3.74.